The smallest absolute Gasteiger partial charge is 0.191 e. The molecular formula is C38H62O4. The molecule has 1 aromatic carbocycles. The lowest BCUT2D eigenvalue weighted by Crippen LogP contribution is -2.35. The summed E-state index contributed by atoms with van der Waals surface area (Å²) >= 11 is 0. The zero-order valence-electron chi connectivity index (χ0n) is 27.2. The number of rotatable bonds is 28. The summed E-state index contributed by atoms with van der Waals surface area (Å²) < 4.78 is 24.2. The molecule has 0 radical (unpaired) electrons. The van der Waals surface area contributed by atoms with Crippen LogP contribution in [-0.2, 0) is 18.9 Å². The van der Waals surface area contributed by atoms with Crippen molar-refractivity contribution >= 4 is 5.57 Å². The summed E-state index contributed by atoms with van der Waals surface area (Å²) in [5.41, 5.74) is 2.50. The SMILES string of the molecule is C=CCCCCCCCCCOC1(OCCCCCCCCCCC(OCC)OCC)C=CC(c2ccccc2)=CC1. The van der Waals surface area contributed by atoms with Gasteiger partial charge in [-0.2, -0.15) is 0 Å². The van der Waals surface area contributed by atoms with Crippen LogP contribution >= 0.6 is 0 Å². The van der Waals surface area contributed by atoms with Gasteiger partial charge in [0, 0.05) is 19.6 Å². The lowest BCUT2D eigenvalue weighted by Gasteiger charge is -2.33. The van der Waals surface area contributed by atoms with Gasteiger partial charge in [-0.3, -0.25) is 0 Å². The van der Waals surface area contributed by atoms with Crippen molar-refractivity contribution in [2.45, 2.75) is 141 Å². The molecule has 2 rings (SSSR count). The summed E-state index contributed by atoms with van der Waals surface area (Å²) in [6, 6.07) is 10.6. The minimum absolute atomic E-state index is 0.0193. The molecule has 0 aromatic heterocycles. The fourth-order valence-corrected chi connectivity index (χ4v) is 5.53. The van der Waals surface area contributed by atoms with Crippen LogP contribution in [0.25, 0.3) is 5.57 Å². The normalized spacial score (nSPS) is 16.7. The highest BCUT2D eigenvalue weighted by Crippen LogP contribution is 2.31. The summed E-state index contributed by atoms with van der Waals surface area (Å²) in [5.74, 6) is -0.621. The number of benzene rings is 1. The maximum absolute atomic E-state index is 6.47. The highest BCUT2D eigenvalue weighted by atomic mass is 16.7. The Kier molecular flexibility index (Phi) is 21.4. The van der Waals surface area contributed by atoms with Gasteiger partial charge >= 0.3 is 0 Å². The van der Waals surface area contributed by atoms with E-state index in [-0.39, 0.29) is 6.29 Å². The molecule has 238 valence electrons. The van der Waals surface area contributed by atoms with Gasteiger partial charge in [-0.1, -0.05) is 119 Å². The largest absolute Gasteiger partial charge is 0.353 e. The molecule has 1 unspecified atom stereocenters. The number of unbranched alkanes of at least 4 members (excludes halogenated alkanes) is 14. The van der Waals surface area contributed by atoms with E-state index in [0.29, 0.717) is 0 Å². The van der Waals surface area contributed by atoms with Crippen molar-refractivity contribution in [3.63, 3.8) is 0 Å². The van der Waals surface area contributed by atoms with Crippen LogP contribution in [-0.4, -0.2) is 38.5 Å². The van der Waals surface area contributed by atoms with Crippen LogP contribution in [0.15, 0.2) is 61.2 Å². The molecule has 42 heavy (non-hydrogen) atoms. The third-order valence-electron chi connectivity index (χ3n) is 8.02. The Morgan fingerprint density at radius 1 is 0.714 bits per heavy atom. The third kappa shape index (κ3) is 16.8. The Morgan fingerprint density at radius 2 is 1.24 bits per heavy atom. The Morgan fingerprint density at radius 3 is 1.74 bits per heavy atom. The third-order valence-corrected chi connectivity index (χ3v) is 8.02. The first-order valence-corrected chi connectivity index (χ1v) is 17.3. The van der Waals surface area contributed by atoms with E-state index in [1.165, 1.54) is 94.6 Å². The number of ether oxygens (including phenoxy) is 4. The highest BCUT2D eigenvalue weighted by Gasteiger charge is 2.30. The standard InChI is InChI=1S/C38H62O4/c1-4-7-8-9-10-12-15-18-24-33-41-38(31-29-36(30-32-38)35-26-21-20-22-27-35)42-34-25-19-16-13-11-14-17-23-28-37(39-5-2)40-6-3/h4,20-22,26-27,29-31,37H,1,5-19,23-25,28,32-34H2,2-3H3. The van der Waals surface area contributed by atoms with E-state index in [1.54, 1.807) is 0 Å². The van der Waals surface area contributed by atoms with Gasteiger partial charge in [-0.25, -0.2) is 0 Å². The van der Waals surface area contributed by atoms with Crippen LogP contribution in [0.4, 0.5) is 0 Å². The lowest BCUT2D eigenvalue weighted by molar-refractivity contribution is -0.203. The van der Waals surface area contributed by atoms with Crippen LogP contribution in [0.5, 0.6) is 0 Å². The van der Waals surface area contributed by atoms with Gasteiger partial charge in [0.05, 0.1) is 13.2 Å². The predicted molar refractivity (Wildman–Crippen MR) is 179 cm³/mol. The first-order chi connectivity index (χ1) is 20.7. The predicted octanol–water partition coefficient (Wildman–Crippen LogP) is 11.0. The van der Waals surface area contributed by atoms with E-state index in [2.05, 4.69) is 55.1 Å². The second-order valence-electron chi connectivity index (χ2n) is 11.6. The van der Waals surface area contributed by atoms with Crippen molar-refractivity contribution in [3.8, 4) is 0 Å². The van der Waals surface area contributed by atoms with Gasteiger partial charge in [-0.15, -0.1) is 6.58 Å². The molecule has 1 aromatic rings. The Balaban J connectivity index is 1.63. The van der Waals surface area contributed by atoms with E-state index >= 15 is 0 Å². The average Bonchev–Trinajstić information content (AvgIpc) is 3.02. The van der Waals surface area contributed by atoms with E-state index < -0.39 is 5.79 Å². The van der Waals surface area contributed by atoms with Gasteiger partial charge in [-0.05, 0) is 69.6 Å². The zero-order chi connectivity index (χ0) is 30.0. The average molecular weight is 583 g/mol. The maximum Gasteiger partial charge on any atom is 0.191 e. The molecule has 0 bridgehead atoms. The van der Waals surface area contributed by atoms with E-state index in [9.17, 15) is 0 Å². The van der Waals surface area contributed by atoms with E-state index in [4.69, 9.17) is 18.9 Å². The fraction of sp³-hybridized carbons (Fsp3) is 0.684. The molecule has 4 heteroatoms. The van der Waals surface area contributed by atoms with Gasteiger partial charge in [0.1, 0.15) is 0 Å². The van der Waals surface area contributed by atoms with Crippen LogP contribution in [0.3, 0.4) is 0 Å². The molecule has 0 fully saturated rings. The second-order valence-corrected chi connectivity index (χ2v) is 11.6. The van der Waals surface area contributed by atoms with Gasteiger partial charge in [0.15, 0.2) is 12.1 Å². The molecule has 0 aliphatic heterocycles. The zero-order valence-corrected chi connectivity index (χ0v) is 27.2. The second kappa shape index (κ2) is 24.7. The van der Waals surface area contributed by atoms with Crippen LogP contribution < -0.4 is 0 Å². The van der Waals surface area contributed by atoms with Crippen molar-refractivity contribution in [3.05, 3.63) is 66.8 Å². The summed E-state index contributed by atoms with van der Waals surface area (Å²) in [7, 11) is 0. The molecule has 0 N–H and O–H groups in total. The van der Waals surface area contributed by atoms with Crippen molar-refractivity contribution < 1.29 is 18.9 Å². The highest BCUT2D eigenvalue weighted by molar-refractivity contribution is 5.75. The molecule has 0 spiro atoms. The molecule has 1 aliphatic rings. The lowest BCUT2D eigenvalue weighted by atomic mass is 9.96. The minimum atomic E-state index is -0.621. The monoisotopic (exact) mass is 582 g/mol. The summed E-state index contributed by atoms with van der Waals surface area (Å²) in [6.45, 7) is 10.8. The Labute approximate surface area is 258 Å². The quantitative estimate of drug-likeness (QED) is 0.0559. The van der Waals surface area contributed by atoms with Crippen molar-refractivity contribution in [2.75, 3.05) is 26.4 Å². The van der Waals surface area contributed by atoms with Crippen LogP contribution in [0.1, 0.15) is 135 Å². The van der Waals surface area contributed by atoms with E-state index in [1.807, 2.05) is 19.9 Å². The van der Waals surface area contributed by atoms with Gasteiger partial charge < -0.3 is 18.9 Å². The number of hydrogen-bond donors (Lipinski definition) is 0. The van der Waals surface area contributed by atoms with Crippen LogP contribution in [0.2, 0.25) is 0 Å². The summed E-state index contributed by atoms with van der Waals surface area (Å²) in [4.78, 5) is 0. The van der Waals surface area contributed by atoms with Gasteiger partial charge in [0.25, 0.3) is 0 Å². The minimum Gasteiger partial charge on any atom is -0.353 e. The Hall–Kier alpha value is -1.72. The van der Waals surface area contributed by atoms with Crippen molar-refractivity contribution in [2.24, 2.45) is 0 Å². The molecule has 0 saturated carbocycles. The molecular weight excluding hydrogens is 520 g/mol. The van der Waals surface area contributed by atoms with Crippen molar-refractivity contribution in [1.29, 1.82) is 0 Å². The molecule has 0 heterocycles. The topological polar surface area (TPSA) is 36.9 Å². The first-order valence-electron chi connectivity index (χ1n) is 17.3. The van der Waals surface area contributed by atoms with Crippen molar-refractivity contribution in [1.82, 2.24) is 0 Å². The summed E-state index contributed by atoms with van der Waals surface area (Å²) in [6.07, 6.45) is 30.4. The first kappa shape index (κ1) is 36.5. The summed E-state index contributed by atoms with van der Waals surface area (Å²) in [5, 5.41) is 0. The molecule has 0 saturated heterocycles. The van der Waals surface area contributed by atoms with Crippen LogP contribution in [0, 0.1) is 0 Å². The molecule has 1 atom stereocenters. The van der Waals surface area contributed by atoms with E-state index in [0.717, 1.165) is 58.5 Å². The Bertz CT molecular complexity index is 827. The molecule has 1 aliphatic carbocycles. The van der Waals surface area contributed by atoms with Gasteiger partial charge in [0.2, 0.25) is 0 Å². The maximum atomic E-state index is 6.47. The fourth-order valence-electron chi connectivity index (χ4n) is 5.53. The molecule has 4 nitrogen and oxygen atoms in total. The molecule has 0 amide bonds. The number of hydrogen-bond acceptors (Lipinski definition) is 4. The number of allylic oxidation sites excluding steroid dienone is 3.